The lowest BCUT2D eigenvalue weighted by Crippen LogP contribution is -2.35. The number of nitrogens with one attached hydrogen (secondary N) is 1. The van der Waals surface area contributed by atoms with Crippen LogP contribution in [-0.2, 0) is 6.54 Å². The first-order valence-electron chi connectivity index (χ1n) is 11.9. The maximum Gasteiger partial charge on any atom is 0.264 e. The van der Waals surface area contributed by atoms with E-state index in [2.05, 4.69) is 15.2 Å². The maximum absolute atomic E-state index is 14.4. The number of fused-ring (bicyclic) bond motifs is 1. The van der Waals surface area contributed by atoms with Gasteiger partial charge in [-0.3, -0.25) is 14.3 Å². The minimum absolute atomic E-state index is 0.0839. The van der Waals surface area contributed by atoms with E-state index in [0.29, 0.717) is 34.7 Å². The summed E-state index contributed by atoms with van der Waals surface area (Å²) in [5, 5.41) is 14.0. The zero-order valence-corrected chi connectivity index (χ0v) is 20.0. The fourth-order valence-corrected chi connectivity index (χ4v) is 5.04. The number of aryl methyl sites for hydroxylation is 1. The van der Waals surface area contributed by atoms with Gasteiger partial charge in [0.1, 0.15) is 11.6 Å². The molecule has 180 valence electrons. The van der Waals surface area contributed by atoms with Gasteiger partial charge in [0, 0.05) is 43.2 Å². The van der Waals surface area contributed by atoms with Crippen LogP contribution in [0.25, 0.3) is 27.7 Å². The second-order valence-corrected chi connectivity index (χ2v) is 9.43. The van der Waals surface area contributed by atoms with E-state index in [4.69, 9.17) is 0 Å². The third kappa shape index (κ3) is 4.83. The van der Waals surface area contributed by atoms with Gasteiger partial charge in [0.05, 0.1) is 16.6 Å². The molecule has 1 atom stereocenters. The number of hydrogen-bond acceptors (Lipinski definition) is 5. The Morgan fingerprint density at radius 1 is 1.23 bits per heavy atom. The Kier molecular flexibility index (Phi) is 6.36. The Balaban J connectivity index is 1.70. The van der Waals surface area contributed by atoms with Crippen molar-refractivity contribution in [2.75, 3.05) is 20.1 Å². The summed E-state index contributed by atoms with van der Waals surface area (Å²) in [5.74, 6) is -0.236. The maximum atomic E-state index is 14.4. The number of aromatic hydroxyl groups is 1. The highest BCUT2D eigenvalue weighted by atomic mass is 19.1. The van der Waals surface area contributed by atoms with Gasteiger partial charge in [-0.25, -0.2) is 4.39 Å². The molecule has 2 N–H and O–H groups in total. The lowest BCUT2D eigenvalue weighted by Gasteiger charge is -2.23. The molecule has 1 aliphatic heterocycles. The standard InChI is InChI=1S/C28H29FN4O2/c1-18-11-19(13-20(29)12-18)24-15-31-26-8-10-33(22-6-3-7-23(34)14-22)28(35)27(26)25(24)17-32(2)16-21-5-4-9-30-21/h3,6-8,10-15,21,30,34H,4-5,9,16-17H2,1-2H3/t21-/m0/s1. The summed E-state index contributed by atoms with van der Waals surface area (Å²) in [6, 6.07) is 13.7. The Hall–Kier alpha value is -3.55. The molecule has 0 aliphatic carbocycles. The van der Waals surface area contributed by atoms with Gasteiger partial charge >= 0.3 is 0 Å². The molecule has 35 heavy (non-hydrogen) atoms. The van der Waals surface area contributed by atoms with Crippen molar-refractivity contribution in [3.63, 3.8) is 0 Å². The van der Waals surface area contributed by atoms with Gasteiger partial charge in [-0.05, 0) is 80.4 Å². The molecule has 0 saturated carbocycles. The van der Waals surface area contributed by atoms with Crippen molar-refractivity contribution in [3.05, 3.63) is 88.2 Å². The molecule has 0 radical (unpaired) electrons. The number of rotatable bonds is 6. The average Bonchev–Trinajstić information content (AvgIpc) is 3.31. The number of aromatic nitrogens is 2. The van der Waals surface area contributed by atoms with Crippen LogP contribution in [0.2, 0.25) is 0 Å². The molecule has 1 saturated heterocycles. The minimum atomic E-state index is -0.320. The summed E-state index contributed by atoms with van der Waals surface area (Å²) in [6.45, 7) is 4.24. The molecular formula is C28H29FN4O2. The molecule has 0 unspecified atom stereocenters. The molecule has 2 aromatic heterocycles. The average molecular weight is 473 g/mol. The highest BCUT2D eigenvalue weighted by Gasteiger charge is 2.21. The molecule has 4 aromatic rings. The van der Waals surface area contributed by atoms with Crippen molar-refractivity contribution >= 4 is 10.9 Å². The summed E-state index contributed by atoms with van der Waals surface area (Å²) < 4.78 is 15.9. The Morgan fingerprint density at radius 2 is 2.09 bits per heavy atom. The number of nitrogens with zero attached hydrogens (tertiary/aromatic N) is 3. The molecule has 7 heteroatoms. The smallest absolute Gasteiger partial charge is 0.264 e. The van der Waals surface area contributed by atoms with E-state index in [1.54, 1.807) is 36.7 Å². The van der Waals surface area contributed by atoms with Crippen molar-refractivity contribution in [2.45, 2.75) is 32.4 Å². The van der Waals surface area contributed by atoms with Crippen molar-refractivity contribution in [2.24, 2.45) is 0 Å². The van der Waals surface area contributed by atoms with Gasteiger partial charge in [-0.15, -0.1) is 0 Å². The molecule has 0 bridgehead atoms. The van der Waals surface area contributed by atoms with Gasteiger partial charge in [0.2, 0.25) is 0 Å². The van der Waals surface area contributed by atoms with Gasteiger partial charge < -0.3 is 15.3 Å². The minimum Gasteiger partial charge on any atom is -0.508 e. The summed E-state index contributed by atoms with van der Waals surface area (Å²) >= 11 is 0. The van der Waals surface area contributed by atoms with Crippen LogP contribution in [0.4, 0.5) is 4.39 Å². The van der Waals surface area contributed by atoms with E-state index in [1.807, 2.05) is 26.1 Å². The summed E-state index contributed by atoms with van der Waals surface area (Å²) in [5.41, 5.74) is 4.00. The van der Waals surface area contributed by atoms with E-state index in [-0.39, 0.29) is 17.1 Å². The van der Waals surface area contributed by atoms with E-state index >= 15 is 0 Å². The molecule has 0 spiro atoms. The molecule has 2 aromatic carbocycles. The topological polar surface area (TPSA) is 70.4 Å². The first-order chi connectivity index (χ1) is 16.9. The number of likely N-dealkylation sites (N-methyl/N-ethyl adjacent to an activating group) is 1. The predicted molar refractivity (Wildman–Crippen MR) is 136 cm³/mol. The second-order valence-electron chi connectivity index (χ2n) is 9.43. The lowest BCUT2D eigenvalue weighted by molar-refractivity contribution is 0.294. The first-order valence-corrected chi connectivity index (χ1v) is 11.9. The molecule has 3 heterocycles. The highest BCUT2D eigenvalue weighted by molar-refractivity contribution is 5.88. The Morgan fingerprint density at radius 3 is 2.83 bits per heavy atom. The third-order valence-corrected chi connectivity index (χ3v) is 6.61. The number of phenols is 1. The van der Waals surface area contributed by atoms with Crippen LogP contribution >= 0.6 is 0 Å². The van der Waals surface area contributed by atoms with Crippen LogP contribution in [0.5, 0.6) is 5.75 Å². The fourth-order valence-electron chi connectivity index (χ4n) is 5.04. The van der Waals surface area contributed by atoms with Gasteiger partial charge in [0.15, 0.2) is 0 Å². The van der Waals surface area contributed by atoms with Crippen molar-refractivity contribution in [1.82, 2.24) is 19.8 Å². The van der Waals surface area contributed by atoms with E-state index < -0.39 is 0 Å². The van der Waals surface area contributed by atoms with Gasteiger partial charge in [-0.2, -0.15) is 0 Å². The predicted octanol–water partition coefficient (Wildman–Crippen LogP) is 4.39. The summed E-state index contributed by atoms with van der Waals surface area (Å²) in [4.78, 5) is 20.6. The molecule has 6 nitrogen and oxygen atoms in total. The molecule has 5 rings (SSSR count). The number of halogens is 1. The number of benzene rings is 2. The number of phenolic OH excluding ortho intramolecular Hbond substituents is 1. The van der Waals surface area contributed by atoms with Crippen molar-refractivity contribution in [3.8, 4) is 22.6 Å². The van der Waals surface area contributed by atoms with Crippen molar-refractivity contribution in [1.29, 1.82) is 0 Å². The third-order valence-electron chi connectivity index (χ3n) is 6.61. The Bertz CT molecular complexity index is 1420. The van der Waals surface area contributed by atoms with Crippen LogP contribution in [0.3, 0.4) is 0 Å². The highest BCUT2D eigenvalue weighted by Crippen LogP contribution is 2.30. The lowest BCUT2D eigenvalue weighted by atomic mass is 9.96. The van der Waals surface area contributed by atoms with E-state index in [0.717, 1.165) is 36.2 Å². The summed E-state index contributed by atoms with van der Waals surface area (Å²) in [6.07, 6.45) is 5.71. The largest absolute Gasteiger partial charge is 0.508 e. The van der Waals surface area contributed by atoms with Crippen LogP contribution < -0.4 is 10.9 Å². The zero-order valence-electron chi connectivity index (χ0n) is 20.0. The number of hydrogen-bond donors (Lipinski definition) is 2. The van der Waals surface area contributed by atoms with E-state index in [1.165, 1.54) is 23.1 Å². The van der Waals surface area contributed by atoms with Gasteiger partial charge in [0.25, 0.3) is 5.56 Å². The quantitative estimate of drug-likeness (QED) is 0.436. The fraction of sp³-hybridized carbons (Fsp3) is 0.286. The normalized spacial score (nSPS) is 15.8. The first kappa shape index (κ1) is 23.2. The van der Waals surface area contributed by atoms with Crippen molar-refractivity contribution < 1.29 is 9.50 Å². The number of pyridine rings is 2. The van der Waals surface area contributed by atoms with Crippen LogP contribution in [0, 0.1) is 12.7 Å². The Labute approximate surface area is 203 Å². The summed E-state index contributed by atoms with van der Waals surface area (Å²) in [7, 11) is 2.05. The molecule has 1 aliphatic rings. The van der Waals surface area contributed by atoms with E-state index in [9.17, 15) is 14.3 Å². The van der Waals surface area contributed by atoms with Crippen LogP contribution in [0.15, 0.2) is 65.7 Å². The van der Waals surface area contributed by atoms with Crippen LogP contribution in [0.1, 0.15) is 24.0 Å². The molecule has 0 amide bonds. The SMILES string of the molecule is Cc1cc(F)cc(-c2cnc3ccn(-c4cccc(O)c4)c(=O)c3c2CN(C)C[C@@H]2CCCN2)c1. The molecular weight excluding hydrogens is 443 g/mol. The molecule has 1 fully saturated rings. The van der Waals surface area contributed by atoms with Crippen LogP contribution in [-0.4, -0.2) is 45.7 Å². The monoisotopic (exact) mass is 472 g/mol. The van der Waals surface area contributed by atoms with Gasteiger partial charge in [-0.1, -0.05) is 12.1 Å². The second kappa shape index (κ2) is 9.60. The zero-order chi connectivity index (χ0) is 24.5.